The van der Waals surface area contributed by atoms with E-state index >= 15 is 0 Å². The van der Waals surface area contributed by atoms with E-state index in [4.69, 9.17) is 10.5 Å². The van der Waals surface area contributed by atoms with Crippen molar-refractivity contribution in [2.24, 2.45) is 0 Å². The summed E-state index contributed by atoms with van der Waals surface area (Å²) in [6.07, 6.45) is 3.58. The quantitative estimate of drug-likeness (QED) is 0.855. The molecular formula is C14H19N3O2. The summed E-state index contributed by atoms with van der Waals surface area (Å²) in [5, 5.41) is 0. The fourth-order valence-corrected chi connectivity index (χ4v) is 2.05. The molecule has 0 aliphatic carbocycles. The van der Waals surface area contributed by atoms with E-state index in [0.29, 0.717) is 12.2 Å². The Bertz CT molecular complexity index is 626. The Kier molecular flexibility index (Phi) is 3.64. The van der Waals surface area contributed by atoms with Gasteiger partial charge >= 0.3 is 5.69 Å². The number of imidazole rings is 1. The number of nitrogen functional groups attached to an aromatic ring is 1. The molecule has 19 heavy (non-hydrogen) atoms. The molecule has 0 radical (unpaired) electrons. The minimum absolute atomic E-state index is 0.0283. The van der Waals surface area contributed by atoms with Gasteiger partial charge in [0, 0.05) is 29.7 Å². The monoisotopic (exact) mass is 261 g/mol. The van der Waals surface area contributed by atoms with E-state index < -0.39 is 0 Å². The van der Waals surface area contributed by atoms with Gasteiger partial charge in [-0.05, 0) is 32.0 Å². The van der Waals surface area contributed by atoms with Crippen LogP contribution in [0.1, 0.15) is 25.5 Å². The second-order valence-electron chi connectivity index (χ2n) is 4.78. The molecule has 0 atom stereocenters. The zero-order chi connectivity index (χ0) is 14.0. The molecule has 0 saturated heterocycles. The average molecular weight is 261 g/mol. The molecule has 102 valence electrons. The second-order valence-corrected chi connectivity index (χ2v) is 4.78. The third kappa shape index (κ3) is 2.65. The fourth-order valence-electron chi connectivity index (χ4n) is 2.05. The minimum atomic E-state index is -0.0283. The third-order valence-electron chi connectivity index (χ3n) is 3.08. The van der Waals surface area contributed by atoms with E-state index in [9.17, 15) is 4.79 Å². The molecule has 0 amide bonds. The highest BCUT2D eigenvalue weighted by Gasteiger charge is 2.09. The average Bonchev–Trinajstić information content (AvgIpc) is 2.71. The predicted octanol–water partition coefficient (Wildman–Crippen LogP) is 1.87. The van der Waals surface area contributed by atoms with Crippen molar-refractivity contribution in [3.05, 3.63) is 46.6 Å². The minimum Gasteiger partial charge on any atom is -0.496 e. The highest BCUT2D eigenvalue weighted by molar-refractivity contribution is 5.47. The van der Waals surface area contributed by atoms with Gasteiger partial charge in [-0.2, -0.15) is 0 Å². The molecule has 0 aliphatic rings. The Morgan fingerprint density at radius 1 is 1.32 bits per heavy atom. The number of ether oxygens (including phenoxy) is 1. The van der Waals surface area contributed by atoms with Gasteiger partial charge in [0.05, 0.1) is 13.7 Å². The molecule has 0 bridgehead atoms. The molecule has 0 saturated carbocycles. The lowest BCUT2D eigenvalue weighted by molar-refractivity contribution is 0.408. The zero-order valence-electron chi connectivity index (χ0n) is 11.5. The number of anilines is 1. The van der Waals surface area contributed by atoms with Gasteiger partial charge in [-0.3, -0.25) is 9.13 Å². The van der Waals surface area contributed by atoms with E-state index in [1.165, 1.54) is 0 Å². The SMILES string of the molecule is COc1ccc(N)cc1Cn1ccn(C(C)C)c1=O. The van der Waals surface area contributed by atoms with Crippen LogP contribution in [0, 0.1) is 0 Å². The lowest BCUT2D eigenvalue weighted by Gasteiger charge is -2.10. The van der Waals surface area contributed by atoms with Crippen molar-refractivity contribution >= 4 is 5.69 Å². The van der Waals surface area contributed by atoms with E-state index in [-0.39, 0.29) is 11.7 Å². The Balaban J connectivity index is 2.36. The molecule has 5 nitrogen and oxygen atoms in total. The van der Waals surface area contributed by atoms with Gasteiger partial charge in [0.15, 0.2) is 0 Å². The van der Waals surface area contributed by atoms with Crippen LogP contribution in [0.5, 0.6) is 5.75 Å². The van der Waals surface area contributed by atoms with Crippen molar-refractivity contribution in [3.63, 3.8) is 0 Å². The summed E-state index contributed by atoms with van der Waals surface area (Å²) in [4.78, 5) is 12.2. The number of hydrogen-bond donors (Lipinski definition) is 1. The van der Waals surface area contributed by atoms with E-state index in [1.54, 1.807) is 34.7 Å². The topological polar surface area (TPSA) is 62.2 Å². The summed E-state index contributed by atoms with van der Waals surface area (Å²) < 4.78 is 8.63. The Morgan fingerprint density at radius 2 is 2.05 bits per heavy atom. The van der Waals surface area contributed by atoms with Crippen LogP contribution in [-0.4, -0.2) is 16.2 Å². The molecule has 1 aromatic carbocycles. The van der Waals surface area contributed by atoms with E-state index in [0.717, 1.165) is 11.3 Å². The Labute approximate surface area is 112 Å². The van der Waals surface area contributed by atoms with Crippen LogP contribution < -0.4 is 16.2 Å². The van der Waals surface area contributed by atoms with Gasteiger partial charge in [0.1, 0.15) is 5.75 Å². The molecule has 0 spiro atoms. The number of rotatable bonds is 4. The maximum absolute atomic E-state index is 12.2. The summed E-state index contributed by atoms with van der Waals surface area (Å²) in [7, 11) is 1.61. The molecule has 0 fully saturated rings. The lowest BCUT2D eigenvalue weighted by atomic mass is 10.2. The second kappa shape index (κ2) is 5.22. The van der Waals surface area contributed by atoms with Crippen molar-refractivity contribution in [1.82, 2.24) is 9.13 Å². The van der Waals surface area contributed by atoms with Crippen LogP contribution in [0.2, 0.25) is 0 Å². The summed E-state index contributed by atoms with van der Waals surface area (Å²) in [5.74, 6) is 0.735. The first-order chi connectivity index (χ1) is 9.02. The molecule has 2 rings (SSSR count). The summed E-state index contributed by atoms with van der Waals surface area (Å²) in [6.45, 7) is 4.41. The van der Waals surface area contributed by atoms with Crippen LogP contribution in [0.25, 0.3) is 0 Å². The number of methoxy groups -OCH3 is 1. The first kappa shape index (κ1) is 13.3. The molecule has 2 aromatic rings. The standard InChI is InChI=1S/C14H19N3O2/c1-10(2)17-7-6-16(14(17)18)9-11-8-12(15)4-5-13(11)19-3/h4-8,10H,9,15H2,1-3H3. The summed E-state index contributed by atoms with van der Waals surface area (Å²) >= 11 is 0. The molecule has 1 aromatic heterocycles. The Hall–Kier alpha value is -2.17. The normalized spacial score (nSPS) is 10.9. The van der Waals surface area contributed by atoms with Crippen LogP contribution in [0.3, 0.4) is 0 Å². The number of aromatic nitrogens is 2. The molecule has 1 heterocycles. The van der Waals surface area contributed by atoms with Gasteiger partial charge in [-0.15, -0.1) is 0 Å². The molecule has 0 unspecified atom stereocenters. The number of hydrogen-bond acceptors (Lipinski definition) is 3. The highest BCUT2D eigenvalue weighted by Crippen LogP contribution is 2.21. The molecule has 2 N–H and O–H groups in total. The summed E-state index contributed by atoms with van der Waals surface area (Å²) in [5.41, 5.74) is 7.30. The maximum Gasteiger partial charge on any atom is 0.328 e. The molecular weight excluding hydrogens is 242 g/mol. The zero-order valence-corrected chi connectivity index (χ0v) is 11.5. The number of nitrogens with zero attached hydrogens (tertiary/aromatic N) is 2. The van der Waals surface area contributed by atoms with E-state index in [1.807, 2.05) is 26.0 Å². The molecule has 5 heteroatoms. The number of nitrogens with two attached hydrogens (primary N) is 1. The van der Waals surface area contributed by atoms with Crippen molar-refractivity contribution in [3.8, 4) is 5.75 Å². The maximum atomic E-state index is 12.2. The first-order valence-corrected chi connectivity index (χ1v) is 6.22. The Morgan fingerprint density at radius 3 is 2.63 bits per heavy atom. The van der Waals surface area contributed by atoms with Gasteiger partial charge < -0.3 is 10.5 Å². The summed E-state index contributed by atoms with van der Waals surface area (Å²) in [6, 6.07) is 5.58. The first-order valence-electron chi connectivity index (χ1n) is 6.22. The van der Waals surface area contributed by atoms with Gasteiger partial charge in [0.2, 0.25) is 0 Å². The van der Waals surface area contributed by atoms with Gasteiger partial charge in [-0.1, -0.05) is 0 Å². The van der Waals surface area contributed by atoms with Crippen LogP contribution in [0.4, 0.5) is 5.69 Å². The van der Waals surface area contributed by atoms with Gasteiger partial charge in [-0.25, -0.2) is 4.79 Å². The fraction of sp³-hybridized carbons (Fsp3) is 0.357. The van der Waals surface area contributed by atoms with Crippen LogP contribution in [0.15, 0.2) is 35.4 Å². The van der Waals surface area contributed by atoms with Crippen molar-refractivity contribution < 1.29 is 4.74 Å². The van der Waals surface area contributed by atoms with Crippen LogP contribution >= 0.6 is 0 Å². The van der Waals surface area contributed by atoms with Crippen molar-refractivity contribution in [2.75, 3.05) is 12.8 Å². The largest absolute Gasteiger partial charge is 0.496 e. The molecule has 0 aliphatic heterocycles. The van der Waals surface area contributed by atoms with Gasteiger partial charge in [0.25, 0.3) is 0 Å². The van der Waals surface area contributed by atoms with Crippen molar-refractivity contribution in [1.29, 1.82) is 0 Å². The highest BCUT2D eigenvalue weighted by atomic mass is 16.5. The third-order valence-corrected chi connectivity index (χ3v) is 3.08. The smallest absolute Gasteiger partial charge is 0.328 e. The van der Waals surface area contributed by atoms with E-state index in [2.05, 4.69) is 0 Å². The van der Waals surface area contributed by atoms with Crippen LogP contribution in [-0.2, 0) is 6.54 Å². The van der Waals surface area contributed by atoms with Crippen molar-refractivity contribution in [2.45, 2.75) is 26.4 Å². The number of benzene rings is 1. The predicted molar refractivity (Wildman–Crippen MR) is 75.6 cm³/mol. The lowest BCUT2D eigenvalue weighted by Crippen LogP contribution is -2.25.